The Morgan fingerprint density at radius 1 is 1.11 bits per heavy atom. The van der Waals surface area contributed by atoms with Crippen LogP contribution in [0.4, 0.5) is 5.69 Å². The molecule has 0 bridgehead atoms. The highest BCUT2D eigenvalue weighted by molar-refractivity contribution is 5.99. The highest BCUT2D eigenvalue weighted by Gasteiger charge is 2.30. The van der Waals surface area contributed by atoms with E-state index >= 15 is 0 Å². The van der Waals surface area contributed by atoms with Crippen LogP contribution in [0.5, 0.6) is 11.5 Å². The number of nitro groups is 1. The van der Waals surface area contributed by atoms with Gasteiger partial charge in [-0.1, -0.05) is 30.3 Å². The molecular formula is C21H24N2O5. The highest BCUT2D eigenvalue weighted by atomic mass is 16.6. The third-order valence-electron chi connectivity index (χ3n) is 5.20. The van der Waals surface area contributed by atoms with Gasteiger partial charge in [-0.15, -0.1) is 0 Å². The topological polar surface area (TPSA) is 81.9 Å². The molecule has 7 nitrogen and oxygen atoms in total. The van der Waals surface area contributed by atoms with E-state index in [2.05, 4.69) is 12.1 Å². The van der Waals surface area contributed by atoms with Gasteiger partial charge >= 0.3 is 0 Å². The summed E-state index contributed by atoms with van der Waals surface area (Å²) in [5.41, 5.74) is 1.06. The van der Waals surface area contributed by atoms with E-state index in [9.17, 15) is 14.9 Å². The van der Waals surface area contributed by atoms with Crippen LogP contribution in [-0.2, 0) is 6.42 Å². The standard InChI is InChI=1S/C21H24N2O5/c1-27-19-13-17(18(23(25)26)14-20(19)28-2)21(24)22-10-8-16(9-11-22)12-15-6-4-3-5-7-15/h3-7,13-14,16H,8-12H2,1-2H3. The van der Waals surface area contributed by atoms with Gasteiger partial charge in [-0.2, -0.15) is 0 Å². The summed E-state index contributed by atoms with van der Waals surface area (Å²) in [6, 6.07) is 12.9. The van der Waals surface area contributed by atoms with Crippen molar-refractivity contribution in [3.8, 4) is 11.5 Å². The van der Waals surface area contributed by atoms with Gasteiger partial charge in [0.2, 0.25) is 0 Å². The third kappa shape index (κ3) is 4.24. The van der Waals surface area contributed by atoms with E-state index in [-0.39, 0.29) is 22.9 Å². The average Bonchev–Trinajstić information content (AvgIpc) is 2.73. The van der Waals surface area contributed by atoms with Gasteiger partial charge in [-0.3, -0.25) is 14.9 Å². The van der Waals surface area contributed by atoms with E-state index in [0.29, 0.717) is 24.8 Å². The second-order valence-corrected chi connectivity index (χ2v) is 6.91. The van der Waals surface area contributed by atoms with Crippen molar-refractivity contribution in [3.63, 3.8) is 0 Å². The third-order valence-corrected chi connectivity index (χ3v) is 5.20. The van der Waals surface area contributed by atoms with Gasteiger partial charge in [0.15, 0.2) is 11.5 Å². The van der Waals surface area contributed by atoms with Crippen LogP contribution in [0, 0.1) is 16.0 Å². The average molecular weight is 384 g/mol. The first-order valence-corrected chi connectivity index (χ1v) is 9.27. The predicted octanol–water partition coefficient (Wildman–Crippen LogP) is 3.71. The summed E-state index contributed by atoms with van der Waals surface area (Å²) in [7, 11) is 2.84. The first-order valence-electron chi connectivity index (χ1n) is 9.27. The summed E-state index contributed by atoms with van der Waals surface area (Å²) in [6.45, 7) is 1.17. The zero-order valence-electron chi connectivity index (χ0n) is 16.1. The summed E-state index contributed by atoms with van der Waals surface area (Å²) in [5.74, 6) is 0.695. The molecule has 2 aromatic rings. The number of amides is 1. The number of hydrogen-bond acceptors (Lipinski definition) is 5. The minimum Gasteiger partial charge on any atom is -0.493 e. The number of benzene rings is 2. The van der Waals surface area contributed by atoms with Crippen molar-refractivity contribution in [1.29, 1.82) is 0 Å². The minimum atomic E-state index is -0.558. The van der Waals surface area contributed by atoms with Gasteiger partial charge in [0.25, 0.3) is 11.6 Å². The fourth-order valence-corrected chi connectivity index (χ4v) is 3.65. The minimum absolute atomic E-state index is 0.0316. The molecule has 0 aliphatic carbocycles. The zero-order chi connectivity index (χ0) is 20.1. The molecule has 1 heterocycles. The van der Waals surface area contributed by atoms with Crippen LogP contribution >= 0.6 is 0 Å². The maximum atomic E-state index is 13.0. The van der Waals surface area contributed by atoms with Crippen molar-refractivity contribution in [2.75, 3.05) is 27.3 Å². The molecule has 1 aliphatic rings. The lowest BCUT2D eigenvalue weighted by molar-refractivity contribution is -0.385. The summed E-state index contributed by atoms with van der Waals surface area (Å²) < 4.78 is 10.3. The van der Waals surface area contributed by atoms with Crippen molar-refractivity contribution in [3.05, 3.63) is 63.7 Å². The number of carbonyl (C=O) groups is 1. The Bertz CT molecular complexity index is 845. The fraction of sp³-hybridized carbons (Fsp3) is 0.381. The van der Waals surface area contributed by atoms with Gasteiger partial charge < -0.3 is 14.4 Å². The smallest absolute Gasteiger partial charge is 0.286 e. The number of nitro benzene ring substituents is 1. The van der Waals surface area contributed by atoms with E-state index in [0.717, 1.165) is 19.3 Å². The number of piperidine rings is 1. The molecule has 1 amide bonds. The lowest BCUT2D eigenvalue weighted by atomic mass is 9.90. The zero-order valence-corrected chi connectivity index (χ0v) is 16.1. The quantitative estimate of drug-likeness (QED) is 0.560. The Kier molecular flexibility index (Phi) is 6.13. The number of carbonyl (C=O) groups excluding carboxylic acids is 1. The molecule has 3 rings (SSSR count). The molecule has 0 spiro atoms. The van der Waals surface area contributed by atoms with Crippen molar-refractivity contribution in [2.45, 2.75) is 19.3 Å². The van der Waals surface area contributed by atoms with Crippen LogP contribution < -0.4 is 9.47 Å². The SMILES string of the molecule is COc1cc(C(=O)N2CCC(Cc3ccccc3)CC2)c([N+](=O)[O-])cc1OC. The van der Waals surface area contributed by atoms with Gasteiger partial charge in [0.05, 0.1) is 25.2 Å². The monoisotopic (exact) mass is 384 g/mol. The van der Waals surface area contributed by atoms with Crippen LogP contribution in [0.2, 0.25) is 0 Å². The van der Waals surface area contributed by atoms with Crippen molar-refractivity contribution in [1.82, 2.24) is 4.90 Å². The van der Waals surface area contributed by atoms with Crippen molar-refractivity contribution < 1.29 is 19.2 Å². The molecule has 1 fully saturated rings. The molecule has 0 N–H and O–H groups in total. The number of rotatable bonds is 6. The van der Waals surface area contributed by atoms with Crippen LogP contribution in [-0.4, -0.2) is 43.0 Å². The molecule has 148 valence electrons. The molecule has 28 heavy (non-hydrogen) atoms. The molecule has 0 unspecified atom stereocenters. The first kappa shape index (κ1) is 19.7. The van der Waals surface area contributed by atoms with E-state index in [4.69, 9.17) is 9.47 Å². The van der Waals surface area contributed by atoms with Crippen LogP contribution in [0.1, 0.15) is 28.8 Å². The van der Waals surface area contributed by atoms with Gasteiger partial charge in [-0.05, 0) is 30.7 Å². The molecule has 0 radical (unpaired) electrons. The van der Waals surface area contributed by atoms with Crippen LogP contribution in [0.3, 0.4) is 0 Å². The Labute approximate surface area is 164 Å². The fourth-order valence-electron chi connectivity index (χ4n) is 3.65. The molecule has 2 aromatic carbocycles. The number of methoxy groups -OCH3 is 2. The normalized spacial score (nSPS) is 14.6. The van der Waals surface area contributed by atoms with E-state index in [1.165, 1.54) is 31.9 Å². The molecule has 0 atom stereocenters. The highest BCUT2D eigenvalue weighted by Crippen LogP contribution is 2.35. The molecule has 1 saturated heterocycles. The van der Waals surface area contributed by atoms with Gasteiger partial charge in [0.1, 0.15) is 5.56 Å². The Balaban J connectivity index is 1.73. The maximum Gasteiger partial charge on any atom is 0.286 e. The van der Waals surface area contributed by atoms with E-state index in [1.54, 1.807) is 4.90 Å². The van der Waals surface area contributed by atoms with E-state index in [1.807, 2.05) is 18.2 Å². The second kappa shape index (κ2) is 8.73. The summed E-state index contributed by atoms with van der Waals surface area (Å²) in [4.78, 5) is 25.6. The summed E-state index contributed by atoms with van der Waals surface area (Å²) >= 11 is 0. The maximum absolute atomic E-state index is 13.0. The Morgan fingerprint density at radius 2 is 1.71 bits per heavy atom. The van der Waals surface area contributed by atoms with E-state index < -0.39 is 4.92 Å². The number of hydrogen-bond donors (Lipinski definition) is 0. The number of ether oxygens (including phenoxy) is 2. The van der Waals surface area contributed by atoms with Gasteiger partial charge in [-0.25, -0.2) is 0 Å². The summed E-state index contributed by atoms with van der Waals surface area (Å²) in [5, 5.41) is 11.5. The van der Waals surface area contributed by atoms with Crippen molar-refractivity contribution >= 4 is 11.6 Å². The predicted molar refractivity (Wildman–Crippen MR) is 105 cm³/mol. The molecule has 0 aromatic heterocycles. The number of likely N-dealkylation sites (tertiary alicyclic amines) is 1. The molecular weight excluding hydrogens is 360 g/mol. The lowest BCUT2D eigenvalue weighted by Crippen LogP contribution is -2.39. The number of nitrogens with zero attached hydrogens (tertiary/aromatic N) is 2. The Morgan fingerprint density at radius 3 is 2.29 bits per heavy atom. The van der Waals surface area contributed by atoms with Crippen molar-refractivity contribution in [2.24, 2.45) is 5.92 Å². The Hall–Kier alpha value is -3.09. The van der Waals surface area contributed by atoms with Gasteiger partial charge in [0, 0.05) is 19.2 Å². The molecule has 1 aliphatic heterocycles. The largest absolute Gasteiger partial charge is 0.493 e. The first-order chi connectivity index (χ1) is 13.5. The molecule has 7 heteroatoms. The molecule has 0 saturated carbocycles. The lowest BCUT2D eigenvalue weighted by Gasteiger charge is -2.32. The van der Waals surface area contributed by atoms with Crippen LogP contribution in [0.25, 0.3) is 0 Å². The summed E-state index contributed by atoms with van der Waals surface area (Å²) in [6.07, 6.45) is 2.74. The second-order valence-electron chi connectivity index (χ2n) is 6.91. The van der Waals surface area contributed by atoms with Crippen LogP contribution in [0.15, 0.2) is 42.5 Å².